The molecule has 0 fully saturated rings. The average molecular weight is 223 g/mol. The van der Waals surface area contributed by atoms with Gasteiger partial charge in [0.1, 0.15) is 0 Å². The first-order valence-corrected chi connectivity index (χ1v) is 5.50. The number of hydrogen-bond donors (Lipinski definition) is 0. The Bertz CT molecular complexity index is 415. The average Bonchev–Trinajstić information content (AvgIpc) is 2.27. The number of hydrogen-bond acceptors (Lipinski definition) is 4. The van der Waals surface area contributed by atoms with Crippen LogP contribution >= 0.6 is 11.8 Å². The second-order valence-corrected chi connectivity index (χ2v) is 4.49. The lowest BCUT2D eigenvalue weighted by Gasteiger charge is -2.16. The predicted octanol–water partition coefficient (Wildman–Crippen LogP) is 2.73. The fraction of sp³-hybridized carbons (Fsp3) is 0.364. The van der Waals surface area contributed by atoms with Crippen LogP contribution < -0.4 is 9.47 Å². The monoisotopic (exact) mass is 223 g/mol. The van der Waals surface area contributed by atoms with E-state index in [-0.39, 0.29) is 0 Å². The van der Waals surface area contributed by atoms with Crippen molar-refractivity contribution < 1.29 is 9.47 Å². The van der Waals surface area contributed by atoms with Gasteiger partial charge in [-0.3, -0.25) is 4.99 Å². The maximum Gasteiger partial charge on any atom is 0.161 e. The van der Waals surface area contributed by atoms with Gasteiger partial charge in [-0.2, -0.15) is 0 Å². The van der Waals surface area contributed by atoms with Gasteiger partial charge in [0, 0.05) is 4.90 Å². The van der Waals surface area contributed by atoms with E-state index in [2.05, 4.69) is 4.99 Å². The quantitative estimate of drug-likeness (QED) is 0.772. The Morgan fingerprint density at radius 1 is 1.20 bits per heavy atom. The molecule has 3 nitrogen and oxygen atoms in total. The molecule has 1 aromatic rings. The van der Waals surface area contributed by atoms with Crippen LogP contribution in [-0.4, -0.2) is 19.3 Å². The van der Waals surface area contributed by atoms with Crippen molar-refractivity contribution in [3.63, 3.8) is 0 Å². The molecule has 0 bridgehead atoms. The van der Waals surface area contributed by atoms with Crippen LogP contribution in [0.25, 0.3) is 0 Å². The number of rotatable bonds is 2. The summed E-state index contributed by atoms with van der Waals surface area (Å²) in [7, 11) is 3.30. The second kappa shape index (κ2) is 4.14. The van der Waals surface area contributed by atoms with Crippen LogP contribution in [0.5, 0.6) is 11.5 Å². The molecule has 2 rings (SSSR count). The Labute approximate surface area is 93.5 Å². The van der Waals surface area contributed by atoms with Crippen molar-refractivity contribution in [2.45, 2.75) is 18.4 Å². The standard InChI is InChI=1S/C11H13NO2S/c1-7-12-6-8-4-9(13-2)10(14-3)5-11(8)15-7/h4-5H,6H2,1-3H3. The largest absolute Gasteiger partial charge is 0.493 e. The first kappa shape index (κ1) is 10.4. The molecule has 0 aliphatic carbocycles. The van der Waals surface area contributed by atoms with Crippen molar-refractivity contribution in [2.75, 3.05) is 14.2 Å². The van der Waals surface area contributed by atoms with E-state index in [1.54, 1.807) is 26.0 Å². The van der Waals surface area contributed by atoms with Gasteiger partial charge in [-0.1, -0.05) is 11.8 Å². The van der Waals surface area contributed by atoms with E-state index in [0.29, 0.717) is 0 Å². The summed E-state index contributed by atoms with van der Waals surface area (Å²) >= 11 is 1.68. The van der Waals surface area contributed by atoms with Crippen LogP contribution in [0.2, 0.25) is 0 Å². The predicted molar refractivity (Wildman–Crippen MR) is 62.2 cm³/mol. The van der Waals surface area contributed by atoms with Crippen molar-refractivity contribution in [1.82, 2.24) is 0 Å². The van der Waals surface area contributed by atoms with Gasteiger partial charge in [0.25, 0.3) is 0 Å². The fourth-order valence-electron chi connectivity index (χ4n) is 1.51. The summed E-state index contributed by atoms with van der Waals surface area (Å²) in [5.41, 5.74) is 1.20. The topological polar surface area (TPSA) is 30.8 Å². The molecule has 15 heavy (non-hydrogen) atoms. The molecule has 0 saturated heterocycles. The normalized spacial score (nSPS) is 14.2. The van der Waals surface area contributed by atoms with Gasteiger partial charge in [0.15, 0.2) is 11.5 Å². The smallest absolute Gasteiger partial charge is 0.161 e. The van der Waals surface area contributed by atoms with Gasteiger partial charge >= 0.3 is 0 Å². The zero-order chi connectivity index (χ0) is 10.8. The SMILES string of the molecule is COc1cc2c(cc1OC)SC(C)=NC2. The molecular formula is C11H13NO2S. The van der Waals surface area contributed by atoms with Crippen molar-refractivity contribution in [3.05, 3.63) is 17.7 Å². The van der Waals surface area contributed by atoms with Crippen molar-refractivity contribution in [3.8, 4) is 11.5 Å². The van der Waals surface area contributed by atoms with E-state index >= 15 is 0 Å². The Balaban J connectivity index is 2.44. The summed E-state index contributed by atoms with van der Waals surface area (Å²) in [6, 6.07) is 4.01. The molecule has 0 spiro atoms. The highest BCUT2D eigenvalue weighted by molar-refractivity contribution is 8.14. The molecule has 0 atom stereocenters. The zero-order valence-electron chi connectivity index (χ0n) is 9.03. The summed E-state index contributed by atoms with van der Waals surface area (Å²) in [4.78, 5) is 5.59. The van der Waals surface area contributed by atoms with E-state index in [9.17, 15) is 0 Å². The number of nitrogens with zero attached hydrogens (tertiary/aromatic N) is 1. The van der Waals surface area contributed by atoms with Gasteiger partial charge in [0.05, 0.1) is 25.8 Å². The molecule has 4 heteroatoms. The highest BCUT2D eigenvalue weighted by atomic mass is 32.2. The Hall–Kier alpha value is -1.16. The van der Waals surface area contributed by atoms with E-state index in [4.69, 9.17) is 9.47 Å². The van der Waals surface area contributed by atoms with Crippen molar-refractivity contribution in [2.24, 2.45) is 4.99 Å². The first-order chi connectivity index (χ1) is 7.24. The molecule has 1 aliphatic heterocycles. The molecule has 80 valence electrons. The van der Waals surface area contributed by atoms with E-state index in [0.717, 1.165) is 23.1 Å². The maximum absolute atomic E-state index is 5.26. The Morgan fingerprint density at radius 2 is 1.87 bits per heavy atom. The minimum atomic E-state index is 0.731. The number of benzene rings is 1. The van der Waals surface area contributed by atoms with Crippen LogP contribution in [0.4, 0.5) is 0 Å². The highest BCUT2D eigenvalue weighted by Gasteiger charge is 2.15. The van der Waals surface area contributed by atoms with Gasteiger partial charge in [0.2, 0.25) is 0 Å². The van der Waals surface area contributed by atoms with Gasteiger partial charge < -0.3 is 9.47 Å². The zero-order valence-corrected chi connectivity index (χ0v) is 9.85. The third kappa shape index (κ3) is 1.95. The van der Waals surface area contributed by atoms with E-state index < -0.39 is 0 Å². The van der Waals surface area contributed by atoms with E-state index in [1.165, 1.54) is 10.5 Å². The lowest BCUT2D eigenvalue weighted by atomic mass is 10.2. The lowest BCUT2D eigenvalue weighted by Crippen LogP contribution is -2.00. The molecule has 0 N–H and O–H groups in total. The Morgan fingerprint density at radius 3 is 2.53 bits per heavy atom. The third-order valence-electron chi connectivity index (χ3n) is 2.30. The lowest BCUT2D eigenvalue weighted by molar-refractivity contribution is 0.353. The maximum atomic E-state index is 5.26. The molecule has 0 unspecified atom stereocenters. The van der Waals surface area contributed by atoms with Crippen LogP contribution in [0.15, 0.2) is 22.0 Å². The second-order valence-electron chi connectivity index (χ2n) is 3.25. The molecule has 1 aromatic carbocycles. The number of thioether (sulfide) groups is 1. The van der Waals surface area contributed by atoms with Crippen molar-refractivity contribution in [1.29, 1.82) is 0 Å². The number of ether oxygens (including phenoxy) is 2. The van der Waals surface area contributed by atoms with Gasteiger partial charge in [-0.05, 0) is 24.6 Å². The molecule has 0 saturated carbocycles. The van der Waals surface area contributed by atoms with Crippen LogP contribution in [0.3, 0.4) is 0 Å². The van der Waals surface area contributed by atoms with E-state index in [1.807, 2.05) is 19.1 Å². The molecule has 1 aliphatic rings. The molecular weight excluding hydrogens is 210 g/mol. The first-order valence-electron chi connectivity index (χ1n) is 4.68. The summed E-state index contributed by atoms with van der Waals surface area (Å²) in [6.45, 7) is 2.75. The van der Waals surface area contributed by atoms with Gasteiger partial charge in [-0.25, -0.2) is 0 Å². The van der Waals surface area contributed by atoms with Crippen molar-refractivity contribution >= 4 is 16.8 Å². The van der Waals surface area contributed by atoms with Crippen LogP contribution in [-0.2, 0) is 6.54 Å². The number of methoxy groups -OCH3 is 2. The van der Waals surface area contributed by atoms with Crippen LogP contribution in [0, 0.1) is 0 Å². The molecule has 0 amide bonds. The molecule has 0 radical (unpaired) electrons. The van der Waals surface area contributed by atoms with Crippen LogP contribution in [0.1, 0.15) is 12.5 Å². The molecule has 0 aromatic heterocycles. The van der Waals surface area contributed by atoms with Gasteiger partial charge in [-0.15, -0.1) is 0 Å². The minimum absolute atomic E-state index is 0.731. The summed E-state index contributed by atoms with van der Waals surface area (Å²) < 4.78 is 10.5. The number of fused-ring (bicyclic) bond motifs is 1. The molecule has 1 heterocycles. The summed E-state index contributed by atoms with van der Waals surface area (Å²) in [6.07, 6.45) is 0. The highest BCUT2D eigenvalue weighted by Crippen LogP contribution is 2.38. The summed E-state index contributed by atoms with van der Waals surface area (Å²) in [5, 5.41) is 1.09. The summed E-state index contributed by atoms with van der Waals surface area (Å²) in [5.74, 6) is 1.55. The fourth-order valence-corrected chi connectivity index (χ4v) is 2.38. The minimum Gasteiger partial charge on any atom is -0.493 e. The Kier molecular flexibility index (Phi) is 2.86. The third-order valence-corrected chi connectivity index (χ3v) is 3.32. The number of aliphatic imine (C=N–C) groups is 1.